The second kappa shape index (κ2) is 4.00. The Balaban J connectivity index is 2.46. The van der Waals surface area contributed by atoms with E-state index in [0.29, 0.717) is 0 Å². The molecule has 3 heteroatoms. The number of hydrogen-bond acceptors (Lipinski definition) is 2. The van der Waals surface area contributed by atoms with Gasteiger partial charge in [-0.2, -0.15) is 0 Å². The lowest BCUT2D eigenvalue weighted by Gasteiger charge is -2.24. The van der Waals surface area contributed by atoms with Crippen LogP contribution < -0.4 is 5.73 Å². The number of thiophene rings is 1. The van der Waals surface area contributed by atoms with Crippen LogP contribution in [0.1, 0.15) is 22.9 Å². The van der Waals surface area contributed by atoms with Gasteiger partial charge in [0, 0.05) is 4.88 Å². The highest BCUT2D eigenvalue weighted by atomic mass is 32.1. The van der Waals surface area contributed by atoms with Crippen LogP contribution in [0, 0.1) is 12.7 Å². The molecule has 0 fully saturated rings. The average molecular weight is 235 g/mol. The van der Waals surface area contributed by atoms with E-state index in [0.717, 1.165) is 11.1 Å². The summed E-state index contributed by atoms with van der Waals surface area (Å²) in [6.45, 7) is 3.94. The predicted molar refractivity (Wildman–Crippen MR) is 66.1 cm³/mol. The molecule has 1 nitrogen and oxygen atoms in total. The van der Waals surface area contributed by atoms with Gasteiger partial charge in [0.1, 0.15) is 5.82 Å². The highest BCUT2D eigenvalue weighted by molar-refractivity contribution is 7.10. The van der Waals surface area contributed by atoms with Gasteiger partial charge < -0.3 is 5.73 Å². The van der Waals surface area contributed by atoms with Gasteiger partial charge in [0.15, 0.2) is 0 Å². The van der Waals surface area contributed by atoms with Gasteiger partial charge in [-0.3, -0.25) is 0 Å². The van der Waals surface area contributed by atoms with Gasteiger partial charge in [0.2, 0.25) is 0 Å². The number of nitrogens with two attached hydrogens (primary N) is 1. The first-order valence-electron chi connectivity index (χ1n) is 5.10. The molecule has 1 atom stereocenters. The summed E-state index contributed by atoms with van der Waals surface area (Å²) in [5.41, 5.74) is 7.47. The molecule has 0 amide bonds. The highest BCUT2D eigenvalue weighted by Crippen LogP contribution is 2.30. The Kier molecular flexibility index (Phi) is 2.82. The summed E-state index contributed by atoms with van der Waals surface area (Å²) in [4.78, 5) is 1.21. The van der Waals surface area contributed by atoms with Crippen LogP contribution in [0.2, 0.25) is 0 Å². The van der Waals surface area contributed by atoms with E-state index < -0.39 is 5.54 Å². The van der Waals surface area contributed by atoms with Gasteiger partial charge in [-0.25, -0.2) is 4.39 Å². The zero-order chi connectivity index (χ0) is 11.8. The molecule has 0 saturated carbocycles. The van der Waals surface area contributed by atoms with Crippen molar-refractivity contribution in [3.8, 4) is 0 Å². The number of hydrogen-bond donors (Lipinski definition) is 1. The molecular formula is C13H14FNS. The lowest BCUT2D eigenvalue weighted by Crippen LogP contribution is -2.33. The van der Waals surface area contributed by atoms with E-state index in [4.69, 9.17) is 5.73 Å². The Morgan fingerprint density at radius 1 is 1.25 bits per heavy atom. The Hall–Kier alpha value is -1.19. The first kappa shape index (κ1) is 11.3. The number of benzene rings is 1. The van der Waals surface area contributed by atoms with E-state index in [1.807, 2.05) is 25.3 Å². The van der Waals surface area contributed by atoms with Gasteiger partial charge in [0.25, 0.3) is 0 Å². The van der Waals surface area contributed by atoms with Crippen LogP contribution >= 0.6 is 11.3 Å². The molecule has 0 spiro atoms. The molecule has 0 radical (unpaired) electrons. The molecule has 84 valence electrons. The Morgan fingerprint density at radius 3 is 2.56 bits per heavy atom. The van der Waals surface area contributed by atoms with Crippen LogP contribution in [0.3, 0.4) is 0 Å². The Labute approximate surface area is 98.7 Å². The van der Waals surface area contributed by atoms with Crippen molar-refractivity contribution in [1.82, 2.24) is 0 Å². The minimum atomic E-state index is -0.632. The normalized spacial score (nSPS) is 14.8. The molecule has 2 N–H and O–H groups in total. The van der Waals surface area contributed by atoms with Gasteiger partial charge in [-0.05, 0) is 48.6 Å². The van der Waals surface area contributed by atoms with Crippen molar-refractivity contribution in [3.05, 3.63) is 57.5 Å². The lowest BCUT2D eigenvalue weighted by molar-refractivity contribution is 0.583. The topological polar surface area (TPSA) is 26.0 Å². The van der Waals surface area contributed by atoms with E-state index >= 15 is 0 Å². The standard InChI is InChI=1S/C13H14FNS/c1-9-6-11(8-16-9)13(2,15)10-4-3-5-12(14)7-10/h3-8H,15H2,1-2H3. The number of rotatable bonds is 2. The number of aryl methyl sites for hydroxylation is 1. The fraction of sp³-hybridized carbons (Fsp3) is 0.231. The summed E-state index contributed by atoms with van der Waals surface area (Å²) in [5, 5.41) is 2.03. The van der Waals surface area contributed by atoms with Crippen molar-refractivity contribution in [2.45, 2.75) is 19.4 Å². The van der Waals surface area contributed by atoms with E-state index in [2.05, 4.69) is 6.07 Å². The first-order valence-corrected chi connectivity index (χ1v) is 5.98. The van der Waals surface area contributed by atoms with Gasteiger partial charge in [-0.1, -0.05) is 12.1 Å². The smallest absolute Gasteiger partial charge is 0.123 e. The maximum absolute atomic E-state index is 13.2. The molecule has 16 heavy (non-hydrogen) atoms. The molecule has 1 aromatic heterocycles. The summed E-state index contributed by atoms with van der Waals surface area (Å²) < 4.78 is 13.2. The number of halogens is 1. The van der Waals surface area contributed by atoms with Crippen LogP contribution in [0.5, 0.6) is 0 Å². The maximum Gasteiger partial charge on any atom is 0.123 e. The molecule has 0 aliphatic rings. The van der Waals surface area contributed by atoms with Crippen LogP contribution in [-0.2, 0) is 5.54 Å². The summed E-state index contributed by atoms with van der Waals surface area (Å²) in [7, 11) is 0. The predicted octanol–water partition coefficient (Wildman–Crippen LogP) is 3.42. The minimum Gasteiger partial charge on any atom is -0.318 e. The SMILES string of the molecule is Cc1cc(C(C)(N)c2cccc(F)c2)cs1. The minimum absolute atomic E-state index is 0.249. The van der Waals surface area contributed by atoms with Gasteiger partial charge >= 0.3 is 0 Å². The first-order chi connectivity index (χ1) is 7.50. The van der Waals surface area contributed by atoms with Crippen LogP contribution in [0.15, 0.2) is 35.7 Å². The molecule has 1 heterocycles. The quantitative estimate of drug-likeness (QED) is 0.848. The molecule has 2 aromatic rings. The molecule has 0 bridgehead atoms. The average Bonchev–Trinajstić information content (AvgIpc) is 2.65. The van der Waals surface area contributed by atoms with Gasteiger partial charge in [-0.15, -0.1) is 11.3 Å². The zero-order valence-corrected chi connectivity index (χ0v) is 10.1. The van der Waals surface area contributed by atoms with Crippen molar-refractivity contribution >= 4 is 11.3 Å². The third-order valence-corrected chi connectivity index (χ3v) is 3.62. The fourth-order valence-corrected chi connectivity index (χ4v) is 2.51. The Bertz CT molecular complexity index is 502. The molecule has 0 aliphatic heterocycles. The largest absolute Gasteiger partial charge is 0.318 e. The van der Waals surface area contributed by atoms with E-state index in [9.17, 15) is 4.39 Å². The lowest BCUT2D eigenvalue weighted by atomic mass is 9.87. The zero-order valence-electron chi connectivity index (χ0n) is 9.33. The Morgan fingerprint density at radius 2 is 2.00 bits per heavy atom. The van der Waals surface area contributed by atoms with Gasteiger partial charge in [0.05, 0.1) is 5.54 Å². The molecular weight excluding hydrogens is 221 g/mol. The molecule has 1 unspecified atom stereocenters. The van der Waals surface area contributed by atoms with Crippen molar-refractivity contribution in [3.63, 3.8) is 0 Å². The van der Waals surface area contributed by atoms with Crippen molar-refractivity contribution in [1.29, 1.82) is 0 Å². The summed E-state index contributed by atoms with van der Waals surface area (Å²) in [6.07, 6.45) is 0. The second-order valence-electron chi connectivity index (χ2n) is 4.16. The molecule has 2 rings (SSSR count). The van der Waals surface area contributed by atoms with Crippen molar-refractivity contribution < 1.29 is 4.39 Å². The highest BCUT2D eigenvalue weighted by Gasteiger charge is 2.24. The van der Waals surface area contributed by atoms with E-state index in [1.54, 1.807) is 17.4 Å². The van der Waals surface area contributed by atoms with E-state index in [1.165, 1.54) is 17.0 Å². The third kappa shape index (κ3) is 2.01. The molecule has 0 aliphatic carbocycles. The third-order valence-electron chi connectivity index (χ3n) is 2.75. The fourth-order valence-electron chi connectivity index (χ4n) is 1.69. The summed E-state index contributed by atoms with van der Waals surface area (Å²) in [5.74, 6) is -0.249. The van der Waals surface area contributed by atoms with Crippen LogP contribution in [0.4, 0.5) is 4.39 Å². The molecule has 1 aromatic carbocycles. The van der Waals surface area contributed by atoms with Crippen molar-refractivity contribution in [2.24, 2.45) is 5.73 Å². The summed E-state index contributed by atoms with van der Waals surface area (Å²) >= 11 is 1.66. The summed E-state index contributed by atoms with van der Waals surface area (Å²) in [6, 6.07) is 8.52. The van der Waals surface area contributed by atoms with E-state index in [-0.39, 0.29) is 5.82 Å². The second-order valence-corrected chi connectivity index (χ2v) is 5.27. The van der Waals surface area contributed by atoms with Crippen LogP contribution in [0.25, 0.3) is 0 Å². The molecule has 0 saturated heterocycles. The monoisotopic (exact) mass is 235 g/mol. The van der Waals surface area contributed by atoms with Crippen molar-refractivity contribution in [2.75, 3.05) is 0 Å². The maximum atomic E-state index is 13.2. The van der Waals surface area contributed by atoms with Crippen LogP contribution in [-0.4, -0.2) is 0 Å².